The van der Waals surface area contributed by atoms with Crippen molar-refractivity contribution in [2.45, 2.75) is 88.4 Å². The van der Waals surface area contributed by atoms with Crippen LogP contribution < -0.4 is 21.7 Å². The SMILES string of the molecule is Cl.Cl.N#Cc1cccc(NC(=O)ON2CCC(Nc3nc(NC4CCC(N)CC4)nc4c3ncn4C3CCCC3)CC2)c1. The van der Waals surface area contributed by atoms with E-state index in [1.807, 2.05) is 6.33 Å². The monoisotopic (exact) mass is 630 g/mol. The molecule has 0 atom stereocenters. The minimum absolute atomic E-state index is 0. The molecule has 5 N–H and O–H groups in total. The number of carbonyl (C=O) groups is 1. The highest BCUT2D eigenvalue weighted by Gasteiger charge is 2.27. The lowest BCUT2D eigenvalue weighted by molar-refractivity contribution is -0.106. The summed E-state index contributed by atoms with van der Waals surface area (Å²) in [4.78, 5) is 32.5. The normalized spacial score (nSPS) is 21.3. The van der Waals surface area contributed by atoms with Gasteiger partial charge in [-0.2, -0.15) is 15.2 Å². The number of imidazole rings is 1. The van der Waals surface area contributed by atoms with Crippen LogP contribution in [0.3, 0.4) is 0 Å². The van der Waals surface area contributed by atoms with E-state index in [9.17, 15) is 4.79 Å². The zero-order valence-electron chi connectivity index (χ0n) is 24.1. The number of amides is 1. The van der Waals surface area contributed by atoms with Gasteiger partial charge < -0.3 is 25.8 Å². The van der Waals surface area contributed by atoms with Crippen LogP contribution in [-0.2, 0) is 4.84 Å². The van der Waals surface area contributed by atoms with E-state index in [1.165, 1.54) is 12.8 Å². The standard InChI is InChI=1S/C29H38N10O2.2ClH/c30-17-19-4-3-5-23(16-19)35-29(40)41-38-14-12-22(13-15-38)33-26-25-27(39(18-32-25)24-6-1-2-7-24)37-28(36-26)34-21-10-8-20(31)9-11-21;;/h3-5,16,18,20-22,24H,1-2,6-15,31H2,(H,35,40)(H2,33,34,36,37);2*1H. The van der Waals surface area contributed by atoms with E-state index in [1.54, 1.807) is 29.3 Å². The molecule has 3 aromatic rings. The summed E-state index contributed by atoms with van der Waals surface area (Å²) in [5.41, 5.74) is 8.80. The molecule has 1 amide bonds. The fourth-order valence-electron chi connectivity index (χ4n) is 6.19. The molecular formula is C29H40Cl2N10O2. The number of hydrogen-bond donors (Lipinski definition) is 4. The number of nitrogens with zero attached hydrogens (tertiary/aromatic N) is 6. The summed E-state index contributed by atoms with van der Waals surface area (Å²) >= 11 is 0. The van der Waals surface area contributed by atoms with Crippen molar-refractivity contribution in [2.24, 2.45) is 5.73 Å². The summed E-state index contributed by atoms with van der Waals surface area (Å²) < 4.78 is 2.23. The number of fused-ring (bicyclic) bond motifs is 1. The fourth-order valence-corrected chi connectivity index (χ4v) is 6.19. The zero-order chi connectivity index (χ0) is 28.2. The largest absolute Gasteiger partial charge is 0.430 e. The average molecular weight is 632 g/mol. The molecule has 0 bridgehead atoms. The maximum absolute atomic E-state index is 12.4. The van der Waals surface area contributed by atoms with Gasteiger partial charge in [-0.1, -0.05) is 18.9 Å². The van der Waals surface area contributed by atoms with Crippen LogP contribution in [0.2, 0.25) is 0 Å². The number of carbonyl (C=O) groups excluding carboxylic acids is 1. The average Bonchev–Trinajstić information content (AvgIpc) is 3.66. The van der Waals surface area contributed by atoms with Gasteiger partial charge in [0.25, 0.3) is 0 Å². The van der Waals surface area contributed by atoms with E-state index in [4.69, 9.17) is 30.8 Å². The molecular weight excluding hydrogens is 591 g/mol. The molecule has 3 fully saturated rings. The Balaban J connectivity index is 0.00000212. The van der Waals surface area contributed by atoms with Gasteiger partial charge in [-0.15, -0.1) is 29.9 Å². The third kappa shape index (κ3) is 7.97. The summed E-state index contributed by atoms with van der Waals surface area (Å²) in [5.74, 6) is 1.38. The van der Waals surface area contributed by atoms with E-state index in [-0.39, 0.29) is 36.9 Å². The number of halogens is 2. The second-order valence-corrected chi connectivity index (χ2v) is 11.5. The van der Waals surface area contributed by atoms with E-state index in [0.717, 1.165) is 68.3 Å². The van der Waals surface area contributed by atoms with E-state index in [2.05, 4.69) is 26.6 Å². The quantitative estimate of drug-likeness (QED) is 0.267. The molecule has 12 nitrogen and oxygen atoms in total. The van der Waals surface area contributed by atoms with Gasteiger partial charge in [0.2, 0.25) is 5.95 Å². The van der Waals surface area contributed by atoms with Crippen LogP contribution in [0.1, 0.15) is 75.8 Å². The molecule has 2 aromatic heterocycles. The van der Waals surface area contributed by atoms with Crippen LogP contribution >= 0.6 is 24.8 Å². The third-order valence-corrected chi connectivity index (χ3v) is 8.49. The Morgan fingerprint density at radius 3 is 2.42 bits per heavy atom. The number of nitriles is 1. The topological polar surface area (TPSA) is 159 Å². The minimum Gasteiger partial charge on any atom is -0.365 e. The van der Waals surface area contributed by atoms with E-state index < -0.39 is 6.09 Å². The molecule has 1 aliphatic heterocycles. The summed E-state index contributed by atoms with van der Waals surface area (Å²) in [5, 5.41) is 20.7. The maximum atomic E-state index is 12.4. The molecule has 0 unspecified atom stereocenters. The second kappa shape index (κ2) is 14.9. The second-order valence-electron chi connectivity index (χ2n) is 11.5. The maximum Gasteiger partial charge on any atom is 0.430 e. The number of nitrogens with two attached hydrogens (primary N) is 1. The van der Waals surface area contributed by atoms with Crippen molar-refractivity contribution >= 4 is 59.5 Å². The Bertz CT molecular complexity index is 1410. The number of rotatable bonds is 7. The number of nitrogens with one attached hydrogen (secondary N) is 3. The highest BCUT2D eigenvalue weighted by Crippen LogP contribution is 2.34. The van der Waals surface area contributed by atoms with Crippen molar-refractivity contribution in [3.63, 3.8) is 0 Å². The predicted molar refractivity (Wildman–Crippen MR) is 171 cm³/mol. The molecule has 6 rings (SSSR count). The number of anilines is 3. The molecule has 3 aliphatic rings. The Morgan fingerprint density at radius 2 is 1.70 bits per heavy atom. The zero-order valence-corrected chi connectivity index (χ0v) is 25.7. The van der Waals surface area contributed by atoms with E-state index in [0.29, 0.717) is 42.4 Å². The number of piperidine rings is 1. The molecule has 1 aromatic carbocycles. The first-order valence-electron chi connectivity index (χ1n) is 14.8. The molecule has 0 radical (unpaired) electrons. The van der Waals surface area contributed by atoms with Crippen molar-refractivity contribution < 1.29 is 9.63 Å². The highest BCUT2D eigenvalue weighted by molar-refractivity contribution is 5.86. The molecule has 1 saturated heterocycles. The number of benzene rings is 1. The molecule has 14 heteroatoms. The van der Waals surface area contributed by atoms with Gasteiger partial charge >= 0.3 is 6.09 Å². The van der Waals surface area contributed by atoms with Crippen molar-refractivity contribution in [1.29, 1.82) is 5.26 Å². The van der Waals surface area contributed by atoms with Crippen LogP contribution in [0.4, 0.5) is 22.2 Å². The lowest BCUT2D eigenvalue weighted by Gasteiger charge is -2.31. The summed E-state index contributed by atoms with van der Waals surface area (Å²) in [6.07, 6.45) is 11.7. The number of hydrogen-bond acceptors (Lipinski definition) is 10. The van der Waals surface area contributed by atoms with Gasteiger partial charge in [-0.3, -0.25) is 5.32 Å². The Morgan fingerprint density at radius 1 is 0.977 bits per heavy atom. The molecule has 43 heavy (non-hydrogen) atoms. The van der Waals surface area contributed by atoms with Crippen LogP contribution in [0.5, 0.6) is 0 Å². The summed E-state index contributed by atoms with van der Waals surface area (Å²) in [6.45, 7) is 1.17. The third-order valence-electron chi connectivity index (χ3n) is 8.49. The summed E-state index contributed by atoms with van der Waals surface area (Å²) in [6, 6.07) is 9.99. The molecule has 2 aliphatic carbocycles. The van der Waals surface area contributed by atoms with Gasteiger partial charge in [0.15, 0.2) is 17.0 Å². The number of aromatic nitrogens is 4. The first-order valence-corrected chi connectivity index (χ1v) is 14.8. The molecule has 2 saturated carbocycles. The van der Waals surface area contributed by atoms with E-state index >= 15 is 0 Å². The van der Waals surface area contributed by atoms with Crippen molar-refractivity contribution in [3.05, 3.63) is 36.2 Å². The first-order chi connectivity index (χ1) is 20.0. The molecule has 0 spiro atoms. The van der Waals surface area contributed by atoms with Gasteiger partial charge in [0.1, 0.15) is 0 Å². The van der Waals surface area contributed by atoms with Crippen LogP contribution in [0.25, 0.3) is 11.2 Å². The van der Waals surface area contributed by atoms with Crippen molar-refractivity contribution in [2.75, 3.05) is 29.0 Å². The Kier molecular flexibility index (Phi) is 11.3. The van der Waals surface area contributed by atoms with Crippen molar-refractivity contribution in [3.8, 4) is 6.07 Å². The first kappa shape index (κ1) is 32.5. The van der Waals surface area contributed by atoms with Gasteiger partial charge in [0, 0.05) is 42.9 Å². The lowest BCUT2D eigenvalue weighted by atomic mass is 9.92. The van der Waals surface area contributed by atoms with Gasteiger partial charge in [-0.25, -0.2) is 9.78 Å². The molecule has 3 heterocycles. The fraction of sp³-hybridized carbons (Fsp3) is 0.552. The van der Waals surface area contributed by atoms with Crippen LogP contribution in [-0.4, -0.2) is 61.9 Å². The van der Waals surface area contributed by atoms with Crippen LogP contribution in [0.15, 0.2) is 30.6 Å². The van der Waals surface area contributed by atoms with Gasteiger partial charge in [0.05, 0.1) is 18.0 Å². The Hall–Kier alpha value is -3.37. The lowest BCUT2D eigenvalue weighted by Crippen LogP contribution is -2.41. The minimum atomic E-state index is -0.569. The smallest absolute Gasteiger partial charge is 0.365 e. The van der Waals surface area contributed by atoms with Gasteiger partial charge in [-0.05, 0) is 69.6 Å². The van der Waals surface area contributed by atoms with Crippen LogP contribution in [0, 0.1) is 11.3 Å². The highest BCUT2D eigenvalue weighted by atomic mass is 35.5. The molecule has 232 valence electrons. The van der Waals surface area contributed by atoms with Crippen molar-refractivity contribution in [1.82, 2.24) is 24.6 Å². The summed E-state index contributed by atoms with van der Waals surface area (Å²) in [7, 11) is 0. The predicted octanol–water partition coefficient (Wildman–Crippen LogP) is 5.38. The Labute approximate surface area is 263 Å². The number of hydroxylamine groups is 2.